The van der Waals surface area contributed by atoms with Crippen molar-refractivity contribution in [1.82, 2.24) is 4.90 Å². The summed E-state index contributed by atoms with van der Waals surface area (Å²) in [6, 6.07) is 19.0. The summed E-state index contributed by atoms with van der Waals surface area (Å²) in [5.74, 6) is -0.714. The van der Waals surface area contributed by atoms with Crippen molar-refractivity contribution >= 4 is 29.1 Å². The Bertz CT molecular complexity index is 1370. The molecule has 1 atom stereocenters. The van der Waals surface area contributed by atoms with E-state index >= 15 is 0 Å². The van der Waals surface area contributed by atoms with Gasteiger partial charge in [-0.3, -0.25) is 9.59 Å². The Hall–Kier alpha value is -3.77. The second kappa shape index (κ2) is 10.3. The summed E-state index contributed by atoms with van der Waals surface area (Å²) in [4.78, 5) is 28.2. The zero-order valence-corrected chi connectivity index (χ0v) is 22.3. The van der Waals surface area contributed by atoms with Gasteiger partial charge in [0.15, 0.2) is 0 Å². The first-order chi connectivity index (χ1) is 17.6. The average molecular weight is 520 g/mol. The first kappa shape index (κ1) is 26.3. The van der Waals surface area contributed by atoms with E-state index in [1.807, 2.05) is 42.5 Å². The quantitative estimate of drug-likeness (QED) is 0.236. The van der Waals surface area contributed by atoms with Crippen molar-refractivity contribution in [2.24, 2.45) is 0 Å². The maximum Gasteiger partial charge on any atom is 0.295 e. The van der Waals surface area contributed by atoms with E-state index in [0.717, 1.165) is 11.1 Å². The van der Waals surface area contributed by atoms with Crippen LogP contribution in [-0.2, 0) is 21.5 Å². The van der Waals surface area contributed by atoms with Crippen LogP contribution in [0.15, 0.2) is 72.3 Å². The fourth-order valence-electron chi connectivity index (χ4n) is 4.54. The van der Waals surface area contributed by atoms with Crippen LogP contribution in [0.2, 0.25) is 5.02 Å². The number of rotatable bonds is 6. The molecule has 0 radical (unpaired) electrons. The Morgan fingerprint density at radius 2 is 1.59 bits per heavy atom. The van der Waals surface area contributed by atoms with E-state index in [1.165, 1.54) is 18.1 Å². The van der Waals surface area contributed by atoms with Crippen LogP contribution < -0.4 is 9.47 Å². The van der Waals surface area contributed by atoms with Gasteiger partial charge in [-0.15, -0.1) is 0 Å². The number of benzene rings is 3. The van der Waals surface area contributed by atoms with Gasteiger partial charge in [-0.25, -0.2) is 0 Å². The number of hydrogen-bond donors (Lipinski definition) is 1. The molecule has 7 heteroatoms. The number of aliphatic hydroxyl groups is 1. The molecule has 3 aromatic rings. The number of halogens is 1. The zero-order chi connectivity index (χ0) is 26.9. The number of carbonyl (C=O) groups is 2. The molecule has 1 heterocycles. The lowest BCUT2D eigenvalue weighted by molar-refractivity contribution is -0.140. The van der Waals surface area contributed by atoms with Gasteiger partial charge in [0.1, 0.15) is 17.3 Å². The van der Waals surface area contributed by atoms with Crippen molar-refractivity contribution in [2.75, 3.05) is 14.2 Å². The average Bonchev–Trinajstić information content (AvgIpc) is 3.13. The minimum Gasteiger partial charge on any atom is -0.507 e. The van der Waals surface area contributed by atoms with E-state index in [-0.39, 0.29) is 28.3 Å². The molecule has 3 aromatic carbocycles. The van der Waals surface area contributed by atoms with E-state index in [0.29, 0.717) is 22.6 Å². The molecule has 192 valence electrons. The van der Waals surface area contributed by atoms with Gasteiger partial charge in [-0.2, -0.15) is 0 Å². The third kappa shape index (κ3) is 5.07. The van der Waals surface area contributed by atoms with E-state index in [9.17, 15) is 14.7 Å². The number of nitrogens with zero attached hydrogens (tertiary/aromatic N) is 1. The highest BCUT2D eigenvalue weighted by molar-refractivity contribution is 6.46. The van der Waals surface area contributed by atoms with E-state index in [2.05, 4.69) is 20.8 Å². The fourth-order valence-corrected chi connectivity index (χ4v) is 4.80. The lowest BCUT2D eigenvalue weighted by atomic mass is 9.85. The molecule has 6 nitrogen and oxygen atoms in total. The number of hydrogen-bond acceptors (Lipinski definition) is 5. The molecule has 4 rings (SSSR count). The highest BCUT2D eigenvalue weighted by Gasteiger charge is 2.46. The lowest BCUT2D eigenvalue weighted by Gasteiger charge is -2.27. The van der Waals surface area contributed by atoms with Crippen LogP contribution >= 0.6 is 11.6 Å². The summed E-state index contributed by atoms with van der Waals surface area (Å²) in [7, 11) is 3.05. The minimum atomic E-state index is -0.806. The third-order valence-corrected chi connectivity index (χ3v) is 6.89. The Kier molecular flexibility index (Phi) is 7.32. The van der Waals surface area contributed by atoms with Gasteiger partial charge in [0.25, 0.3) is 11.7 Å². The largest absolute Gasteiger partial charge is 0.507 e. The molecule has 1 aliphatic heterocycles. The number of aliphatic hydroxyl groups excluding tert-OH is 1. The van der Waals surface area contributed by atoms with Crippen LogP contribution in [0.3, 0.4) is 0 Å². The molecule has 1 fully saturated rings. The van der Waals surface area contributed by atoms with Crippen LogP contribution in [0, 0.1) is 0 Å². The summed E-state index contributed by atoms with van der Waals surface area (Å²) in [6.07, 6.45) is 0. The van der Waals surface area contributed by atoms with Gasteiger partial charge in [0.05, 0.1) is 37.4 Å². The molecule has 37 heavy (non-hydrogen) atoms. The summed E-state index contributed by atoms with van der Waals surface area (Å²) >= 11 is 6.29. The minimum absolute atomic E-state index is 0.00430. The molecule has 0 saturated carbocycles. The molecule has 1 aliphatic rings. The predicted molar refractivity (Wildman–Crippen MR) is 144 cm³/mol. The Morgan fingerprint density at radius 1 is 0.946 bits per heavy atom. The highest BCUT2D eigenvalue weighted by atomic mass is 35.5. The standard InChI is InChI=1S/C30H30ClNO5/c1-30(2,3)21-13-10-18(11-14-21)26-25(27(33)19-12-15-24(37-5)22(31)16-19)28(34)29(35)32(26)17-20-8-6-7-9-23(20)36-4/h6-16,26,33H,17H2,1-5H3/b27-25-. The molecular weight excluding hydrogens is 490 g/mol. The number of ether oxygens (including phenoxy) is 2. The molecular formula is C30H30ClNO5. The maximum absolute atomic E-state index is 13.4. The molecule has 0 spiro atoms. The van der Waals surface area contributed by atoms with Crippen LogP contribution in [0.4, 0.5) is 0 Å². The van der Waals surface area contributed by atoms with Gasteiger partial charge in [0, 0.05) is 11.1 Å². The van der Waals surface area contributed by atoms with Crippen molar-refractivity contribution in [3.05, 3.63) is 99.6 Å². The molecule has 0 aromatic heterocycles. The number of amides is 1. The number of carbonyl (C=O) groups excluding carboxylic acids is 2. The second-order valence-corrected chi connectivity index (χ2v) is 10.4. The number of likely N-dealkylation sites (tertiary alicyclic amines) is 1. The Labute approximate surface area is 222 Å². The number of ketones is 1. The number of methoxy groups -OCH3 is 2. The van der Waals surface area contributed by atoms with Crippen molar-refractivity contribution in [2.45, 2.75) is 38.8 Å². The van der Waals surface area contributed by atoms with Crippen LogP contribution in [-0.4, -0.2) is 35.9 Å². The first-order valence-electron chi connectivity index (χ1n) is 11.9. The molecule has 1 saturated heterocycles. The van der Waals surface area contributed by atoms with Crippen molar-refractivity contribution in [3.8, 4) is 11.5 Å². The van der Waals surface area contributed by atoms with Crippen LogP contribution in [0.5, 0.6) is 11.5 Å². The topological polar surface area (TPSA) is 76.1 Å². The van der Waals surface area contributed by atoms with Gasteiger partial charge in [-0.05, 0) is 40.8 Å². The van der Waals surface area contributed by atoms with Crippen molar-refractivity contribution in [3.63, 3.8) is 0 Å². The number of para-hydroxylation sites is 1. The molecule has 0 aliphatic carbocycles. The first-order valence-corrected chi connectivity index (χ1v) is 12.3. The van der Waals surface area contributed by atoms with E-state index in [1.54, 1.807) is 25.3 Å². The monoisotopic (exact) mass is 519 g/mol. The Morgan fingerprint density at radius 3 is 2.19 bits per heavy atom. The second-order valence-electron chi connectivity index (χ2n) is 9.96. The van der Waals surface area contributed by atoms with E-state index in [4.69, 9.17) is 21.1 Å². The molecule has 1 amide bonds. The molecule has 1 unspecified atom stereocenters. The van der Waals surface area contributed by atoms with Gasteiger partial charge in [0.2, 0.25) is 0 Å². The van der Waals surface area contributed by atoms with Crippen LogP contribution in [0.25, 0.3) is 5.76 Å². The summed E-state index contributed by atoms with van der Waals surface area (Å²) < 4.78 is 10.7. The number of Topliss-reactive ketones (excluding diaryl/α,β-unsaturated/α-hetero) is 1. The maximum atomic E-state index is 13.4. The van der Waals surface area contributed by atoms with Gasteiger partial charge < -0.3 is 19.5 Å². The summed E-state index contributed by atoms with van der Waals surface area (Å²) in [5.41, 5.74) is 2.82. The summed E-state index contributed by atoms with van der Waals surface area (Å²) in [5, 5.41) is 11.6. The third-order valence-electron chi connectivity index (χ3n) is 6.59. The molecule has 1 N–H and O–H groups in total. The SMILES string of the molecule is COc1ccc(/C(O)=C2/C(=O)C(=O)N(Cc3ccccc3OC)C2c2ccc(C(C)(C)C)cc2)cc1Cl. The Balaban J connectivity index is 1.88. The normalized spacial score (nSPS) is 17.2. The predicted octanol–water partition coefficient (Wildman–Crippen LogP) is 6.28. The van der Waals surface area contributed by atoms with Crippen molar-refractivity contribution in [1.29, 1.82) is 0 Å². The lowest BCUT2D eigenvalue weighted by Crippen LogP contribution is -2.29. The van der Waals surface area contributed by atoms with Crippen molar-refractivity contribution < 1.29 is 24.2 Å². The highest BCUT2D eigenvalue weighted by Crippen LogP contribution is 2.42. The fraction of sp³-hybridized carbons (Fsp3) is 0.267. The summed E-state index contributed by atoms with van der Waals surface area (Å²) in [6.45, 7) is 6.47. The smallest absolute Gasteiger partial charge is 0.295 e. The zero-order valence-electron chi connectivity index (χ0n) is 21.5. The van der Waals surface area contributed by atoms with Gasteiger partial charge >= 0.3 is 0 Å². The van der Waals surface area contributed by atoms with E-state index < -0.39 is 17.7 Å². The van der Waals surface area contributed by atoms with Crippen LogP contribution in [0.1, 0.15) is 49.1 Å². The molecule has 0 bridgehead atoms. The van der Waals surface area contributed by atoms with Gasteiger partial charge in [-0.1, -0.05) is 74.8 Å².